The fourth-order valence-electron chi connectivity index (χ4n) is 2.16. The Bertz CT molecular complexity index is 750. The SMILES string of the molecule is C(/C=C\c1ccccc1)=Nc1cccc2ccccc12. The van der Waals surface area contributed by atoms with E-state index in [0.29, 0.717) is 0 Å². The molecule has 3 rings (SSSR count). The number of hydrogen-bond acceptors (Lipinski definition) is 1. The number of rotatable bonds is 3. The Morgan fingerprint density at radius 1 is 0.700 bits per heavy atom. The van der Waals surface area contributed by atoms with Crippen molar-refractivity contribution in [1.82, 2.24) is 0 Å². The van der Waals surface area contributed by atoms with Gasteiger partial charge in [-0.2, -0.15) is 0 Å². The first-order valence-corrected chi connectivity index (χ1v) is 6.67. The van der Waals surface area contributed by atoms with Crippen LogP contribution in [0.5, 0.6) is 0 Å². The van der Waals surface area contributed by atoms with Gasteiger partial charge in [-0.05, 0) is 23.1 Å². The molecule has 3 aromatic carbocycles. The fourth-order valence-corrected chi connectivity index (χ4v) is 2.16. The summed E-state index contributed by atoms with van der Waals surface area (Å²) in [6.07, 6.45) is 5.86. The molecule has 0 fully saturated rings. The molecule has 0 saturated carbocycles. The van der Waals surface area contributed by atoms with E-state index in [2.05, 4.69) is 41.4 Å². The molecule has 20 heavy (non-hydrogen) atoms. The van der Waals surface area contributed by atoms with Gasteiger partial charge in [-0.15, -0.1) is 0 Å². The number of fused-ring (bicyclic) bond motifs is 1. The highest BCUT2D eigenvalue weighted by atomic mass is 14.7. The zero-order chi connectivity index (χ0) is 13.6. The van der Waals surface area contributed by atoms with Gasteiger partial charge in [-0.25, -0.2) is 0 Å². The van der Waals surface area contributed by atoms with Crippen LogP contribution in [0.2, 0.25) is 0 Å². The molecular formula is C19H15N. The molecule has 3 aromatic rings. The summed E-state index contributed by atoms with van der Waals surface area (Å²) in [6, 6.07) is 24.7. The van der Waals surface area contributed by atoms with Crippen LogP contribution in [0.1, 0.15) is 5.56 Å². The average Bonchev–Trinajstić information content (AvgIpc) is 2.53. The number of nitrogens with zero attached hydrogens (tertiary/aromatic N) is 1. The van der Waals surface area contributed by atoms with Gasteiger partial charge in [0.1, 0.15) is 0 Å². The summed E-state index contributed by atoms with van der Waals surface area (Å²) in [5.74, 6) is 0. The quantitative estimate of drug-likeness (QED) is 0.568. The molecule has 0 aliphatic rings. The molecule has 0 unspecified atom stereocenters. The van der Waals surface area contributed by atoms with E-state index < -0.39 is 0 Å². The van der Waals surface area contributed by atoms with Gasteiger partial charge < -0.3 is 0 Å². The van der Waals surface area contributed by atoms with E-state index in [0.717, 1.165) is 5.69 Å². The molecule has 0 atom stereocenters. The first-order valence-electron chi connectivity index (χ1n) is 6.67. The van der Waals surface area contributed by atoms with Crippen molar-refractivity contribution in [1.29, 1.82) is 0 Å². The van der Waals surface area contributed by atoms with Gasteiger partial charge in [0.15, 0.2) is 0 Å². The Morgan fingerprint density at radius 3 is 2.35 bits per heavy atom. The molecule has 1 heteroatoms. The lowest BCUT2D eigenvalue weighted by Gasteiger charge is -2.00. The smallest absolute Gasteiger partial charge is 0.0707 e. The minimum absolute atomic E-state index is 1.00. The second kappa shape index (κ2) is 5.98. The summed E-state index contributed by atoms with van der Waals surface area (Å²) < 4.78 is 0. The van der Waals surface area contributed by atoms with Crippen molar-refractivity contribution in [2.75, 3.05) is 0 Å². The largest absolute Gasteiger partial charge is 0.256 e. The number of benzene rings is 3. The van der Waals surface area contributed by atoms with Crippen LogP contribution >= 0.6 is 0 Å². The van der Waals surface area contributed by atoms with Crippen LogP contribution in [0.4, 0.5) is 5.69 Å². The standard InChI is InChI=1S/C19H15N/c1-2-8-16(9-3-1)10-7-15-20-19-14-6-12-17-11-4-5-13-18(17)19/h1-15H/b10-7-,20-15?. The van der Waals surface area contributed by atoms with Gasteiger partial charge in [-0.3, -0.25) is 4.99 Å². The van der Waals surface area contributed by atoms with Crippen LogP contribution in [0.25, 0.3) is 16.8 Å². The van der Waals surface area contributed by atoms with Crippen molar-refractivity contribution < 1.29 is 0 Å². The Labute approximate surface area is 118 Å². The monoisotopic (exact) mass is 257 g/mol. The fraction of sp³-hybridized carbons (Fsp3) is 0. The van der Waals surface area contributed by atoms with Gasteiger partial charge in [0.25, 0.3) is 0 Å². The van der Waals surface area contributed by atoms with Crippen molar-refractivity contribution in [2.45, 2.75) is 0 Å². The molecule has 0 aromatic heterocycles. The van der Waals surface area contributed by atoms with Crippen LogP contribution in [0.15, 0.2) is 83.9 Å². The van der Waals surface area contributed by atoms with Crippen molar-refractivity contribution in [2.24, 2.45) is 4.99 Å². The first-order chi connectivity index (χ1) is 9.93. The van der Waals surface area contributed by atoms with E-state index in [1.165, 1.54) is 16.3 Å². The second-order valence-corrected chi connectivity index (χ2v) is 4.55. The molecule has 0 saturated heterocycles. The zero-order valence-electron chi connectivity index (χ0n) is 11.1. The normalized spacial score (nSPS) is 11.6. The first kappa shape index (κ1) is 12.4. The minimum Gasteiger partial charge on any atom is -0.256 e. The van der Waals surface area contributed by atoms with Gasteiger partial charge in [0.05, 0.1) is 5.69 Å². The molecule has 0 heterocycles. The lowest BCUT2D eigenvalue weighted by Crippen LogP contribution is -1.74. The van der Waals surface area contributed by atoms with Crippen molar-refractivity contribution in [3.8, 4) is 0 Å². The molecule has 96 valence electrons. The maximum atomic E-state index is 4.54. The van der Waals surface area contributed by atoms with Crippen LogP contribution in [0, 0.1) is 0 Å². The third kappa shape index (κ3) is 2.83. The van der Waals surface area contributed by atoms with E-state index in [9.17, 15) is 0 Å². The Kier molecular flexibility index (Phi) is 3.70. The zero-order valence-corrected chi connectivity index (χ0v) is 11.1. The van der Waals surface area contributed by atoms with Crippen molar-refractivity contribution in [3.05, 3.63) is 84.4 Å². The molecule has 0 aliphatic carbocycles. The number of aliphatic imine (C=N–C) groups is 1. The van der Waals surface area contributed by atoms with E-state index in [4.69, 9.17) is 0 Å². The van der Waals surface area contributed by atoms with Gasteiger partial charge >= 0.3 is 0 Å². The summed E-state index contributed by atoms with van der Waals surface area (Å²) in [7, 11) is 0. The van der Waals surface area contributed by atoms with Crippen LogP contribution in [-0.2, 0) is 0 Å². The van der Waals surface area contributed by atoms with Crippen LogP contribution in [-0.4, -0.2) is 6.21 Å². The summed E-state index contributed by atoms with van der Waals surface area (Å²) in [5.41, 5.74) is 2.18. The predicted molar refractivity (Wildman–Crippen MR) is 87.6 cm³/mol. The highest BCUT2D eigenvalue weighted by Crippen LogP contribution is 2.25. The highest BCUT2D eigenvalue weighted by Gasteiger charge is 1.96. The predicted octanol–water partition coefficient (Wildman–Crippen LogP) is 5.26. The minimum atomic E-state index is 1.00. The Hall–Kier alpha value is -2.67. The molecule has 0 bridgehead atoms. The van der Waals surface area contributed by atoms with Crippen molar-refractivity contribution in [3.63, 3.8) is 0 Å². The average molecular weight is 257 g/mol. The van der Waals surface area contributed by atoms with Crippen LogP contribution < -0.4 is 0 Å². The van der Waals surface area contributed by atoms with Gasteiger partial charge in [0.2, 0.25) is 0 Å². The van der Waals surface area contributed by atoms with Crippen LogP contribution in [0.3, 0.4) is 0 Å². The summed E-state index contributed by atoms with van der Waals surface area (Å²) in [4.78, 5) is 4.54. The van der Waals surface area contributed by atoms with Crippen molar-refractivity contribution >= 4 is 28.8 Å². The third-order valence-electron chi connectivity index (χ3n) is 3.15. The Morgan fingerprint density at radius 2 is 1.45 bits per heavy atom. The van der Waals surface area contributed by atoms with Gasteiger partial charge in [0, 0.05) is 11.6 Å². The highest BCUT2D eigenvalue weighted by molar-refractivity contribution is 5.94. The molecule has 0 N–H and O–H groups in total. The topological polar surface area (TPSA) is 12.4 Å². The van der Waals surface area contributed by atoms with E-state index in [1.807, 2.05) is 54.8 Å². The summed E-state index contributed by atoms with van der Waals surface area (Å²) in [5, 5.41) is 2.40. The summed E-state index contributed by atoms with van der Waals surface area (Å²) in [6.45, 7) is 0. The van der Waals surface area contributed by atoms with E-state index in [1.54, 1.807) is 0 Å². The lowest BCUT2D eigenvalue weighted by atomic mass is 10.1. The molecule has 0 spiro atoms. The third-order valence-corrected chi connectivity index (χ3v) is 3.15. The molecule has 0 amide bonds. The summed E-state index contributed by atoms with van der Waals surface area (Å²) >= 11 is 0. The molecular weight excluding hydrogens is 242 g/mol. The Balaban J connectivity index is 1.83. The lowest BCUT2D eigenvalue weighted by molar-refractivity contribution is 1.58. The van der Waals surface area contributed by atoms with E-state index in [-0.39, 0.29) is 0 Å². The van der Waals surface area contributed by atoms with E-state index >= 15 is 0 Å². The maximum Gasteiger partial charge on any atom is 0.0707 e. The molecule has 1 nitrogen and oxygen atoms in total. The van der Waals surface area contributed by atoms with Gasteiger partial charge in [-0.1, -0.05) is 72.8 Å². The number of hydrogen-bond donors (Lipinski definition) is 0. The number of allylic oxidation sites excluding steroid dienone is 1. The second-order valence-electron chi connectivity index (χ2n) is 4.55. The maximum absolute atomic E-state index is 4.54. The molecule has 0 radical (unpaired) electrons. The molecule has 0 aliphatic heterocycles.